The topological polar surface area (TPSA) is 17.1 Å². The third kappa shape index (κ3) is 2.66. The third-order valence-electron chi connectivity index (χ3n) is 6.41. The molecule has 0 aromatic heterocycles. The Labute approximate surface area is 134 Å². The van der Waals surface area contributed by atoms with Crippen LogP contribution in [-0.2, 0) is 4.79 Å². The van der Waals surface area contributed by atoms with Crippen molar-refractivity contribution in [3.05, 3.63) is 48.1 Å². The second-order valence-corrected chi connectivity index (χ2v) is 7.54. The van der Waals surface area contributed by atoms with E-state index in [1.165, 1.54) is 25.7 Å². The van der Waals surface area contributed by atoms with E-state index in [0.717, 1.165) is 24.3 Å². The van der Waals surface area contributed by atoms with Gasteiger partial charge in [-0.05, 0) is 73.8 Å². The fraction of sp³-hybridized carbons (Fsp3) is 0.571. The number of fused-ring (bicyclic) bond motifs is 3. The molecule has 0 aromatic carbocycles. The van der Waals surface area contributed by atoms with Crippen molar-refractivity contribution in [2.24, 2.45) is 23.2 Å². The molecular weight excluding hydrogens is 268 g/mol. The minimum atomic E-state index is 0.0936. The molecule has 0 radical (unpaired) electrons. The van der Waals surface area contributed by atoms with Crippen LogP contribution in [-0.4, -0.2) is 5.78 Å². The molecule has 0 N–H and O–H groups in total. The molecule has 0 saturated heterocycles. The highest BCUT2D eigenvalue weighted by molar-refractivity contribution is 5.99. The van der Waals surface area contributed by atoms with Gasteiger partial charge in [0.05, 0.1) is 0 Å². The Morgan fingerprint density at radius 3 is 2.86 bits per heavy atom. The SMILES string of the molecule is C=C1C=CC(=O)C=CCC2CCC3(C)C(CC)=CCC3C2C1. The highest BCUT2D eigenvalue weighted by Gasteiger charge is 2.49. The fourth-order valence-corrected chi connectivity index (χ4v) is 5.16. The summed E-state index contributed by atoms with van der Waals surface area (Å²) in [5.74, 6) is 2.26. The second-order valence-electron chi connectivity index (χ2n) is 7.54. The van der Waals surface area contributed by atoms with Gasteiger partial charge in [0.25, 0.3) is 0 Å². The summed E-state index contributed by atoms with van der Waals surface area (Å²) in [7, 11) is 0. The first kappa shape index (κ1) is 15.5. The number of hydrogen-bond donors (Lipinski definition) is 0. The maximum absolute atomic E-state index is 11.7. The molecule has 0 aliphatic heterocycles. The molecule has 1 fully saturated rings. The highest BCUT2D eigenvalue weighted by atomic mass is 16.1. The fourth-order valence-electron chi connectivity index (χ4n) is 5.16. The molecule has 3 aliphatic carbocycles. The van der Waals surface area contributed by atoms with Crippen LogP contribution < -0.4 is 0 Å². The zero-order chi connectivity index (χ0) is 15.7. The van der Waals surface area contributed by atoms with Crippen molar-refractivity contribution in [2.45, 2.75) is 52.4 Å². The highest BCUT2D eigenvalue weighted by Crippen LogP contribution is 2.58. The van der Waals surface area contributed by atoms with E-state index >= 15 is 0 Å². The van der Waals surface area contributed by atoms with Crippen LogP contribution in [0.5, 0.6) is 0 Å². The van der Waals surface area contributed by atoms with E-state index < -0.39 is 0 Å². The Kier molecular flexibility index (Phi) is 4.25. The summed E-state index contributed by atoms with van der Waals surface area (Å²) in [5.41, 5.74) is 3.21. The average molecular weight is 296 g/mol. The molecule has 3 aliphatic rings. The molecule has 3 rings (SSSR count). The van der Waals surface area contributed by atoms with Gasteiger partial charge in [-0.25, -0.2) is 0 Å². The summed E-state index contributed by atoms with van der Waals surface area (Å²) in [6.45, 7) is 9.00. The lowest BCUT2D eigenvalue weighted by molar-refractivity contribution is -0.110. The number of rotatable bonds is 1. The first-order valence-corrected chi connectivity index (χ1v) is 8.80. The van der Waals surface area contributed by atoms with Gasteiger partial charge in [-0.15, -0.1) is 0 Å². The molecule has 4 unspecified atom stereocenters. The minimum Gasteiger partial charge on any atom is -0.290 e. The van der Waals surface area contributed by atoms with E-state index in [1.54, 1.807) is 17.7 Å². The van der Waals surface area contributed by atoms with Crippen LogP contribution in [0.1, 0.15) is 52.4 Å². The van der Waals surface area contributed by atoms with Gasteiger partial charge < -0.3 is 0 Å². The Balaban J connectivity index is 1.88. The van der Waals surface area contributed by atoms with Gasteiger partial charge in [0.1, 0.15) is 0 Å². The van der Waals surface area contributed by atoms with Gasteiger partial charge in [0, 0.05) is 0 Å². The maximum atomic E-state index is 11.7. The van der Waals surface area contributed by atoms with Crippen LogP contribution >= 0.6 is 0 Å². The molecule has 0 heterocycles. The number of ketones is 1. The van der Waals surface area contributed by atoms with E-state index in [1.807, 2.05) is 6.08 Å². The quantitative estimate of drug-likeness (QED) is 0.591. The Morgan fingerprint density at radius 1 is 1.27 bits per heavy atom. The van der Waals surface area contributed by atoms with Gasteiger partial charge in [0.15, 0.2) is 5.78 Å². The monoisotopic (exact) mass is 296 g/mol. The summed E-state index contributed by atoms with van der Waals surface area (Å²) in [4.78, 5) is 11.7. The van der Waals surface area contributed by atoms with Crippen LogP contribution in [0.4, 0.5) is 0 Å². The molecule has 0 spiro atoms. The van der Waals surface area contributed by atoms with Crippen molar-refractivity contribution in [3.8, 4) is 0 Å². The lowest BCUT2D eigenvalue weighted by Gasteiger charge is -2.48. The maximum Gasteiger partial charge on any atom is 0.178 e. The predicted octanol–water partition coefficient (Wildman–Crippen LogP) is 5.41. The summed E-state index contributed by atoms with van der Waals surface area (Å²) in [6.07, 6.45) is 17.1. The lowest BCUT2D eigenvalue weighted by Crippen LogP contribution is -2.40. The van der Waals surface area contributed by atoms with E-state index in [4.69, 9.17) is 0 Å². The molecule has 118 valence electrons. The molecule has 1 heteroatoms. The zero-order valence-corrected chi connectivity index (χ0v) is 14.0. The van der Waals surface area contributed by atoms with Crippen molar-refractivity contribution in [1.29, 1.82) is 0 Å². The van der Waals surface area contributed by atoms with Gasteiger partial charge in [-0.1, -0.05) is 49.8 Å². The van der Waals surface area contributed by atoms with Crippen LogP contribution in [0.25, 0.3) is 0 Å². The van der Waals surface area contributed by atoms with E-state index in [-0.39, 0.29) is 5.78 Å². The smallest absolute Gasteiger partial charge is 0.178 e. The Bertz CT molecular complexity index is 562. The van der Waals surface area contributed by atoms with Crippen molar-refractivity contribution in [3.63, 3.8) is 0 Å². The number of allylic oxidation sites excluding steroid dienone is 7. The van der Waals surface area contributed by atoms with E-state index in [2.05, 4.69) is 32.6 Å². The molecular formula is C21H28O. The second kappa shape index (κ2) is 6.02. The number of carbonyl (C=O) groups is 1. The summed E-state index contributed by atoms with van der Waals surface area (Å²) < 4.78 is 0. The molecule has 1 saturated carbocycles. The average Bonchev–Trinajstić information content (AvgIpc) is 2.84. The van der Waals surface area contributed by atoms with Gasteiger partial charge in [-0.3, -0.25) is 4.79 Å². The first-order valence-electron chi connectivity index (χ1n) is 8.80. The van der Waals surface area contributed by atoms with Crippen molar-refractivity contribution in [2.75, 3.05) is 0 Å². The third-order valence-corrected chi connectivity index (χ3v) is 6.41. The minimum absolute atomic E-state index is 0.0936. The molecule has 0 aromatic rings. The van der Waals surface area contributed by atoms with Gasteiger partial charge >= 0.3 is 0 Å². The molecule has 0 bridgehead atoms. The Hall–Kier alpha value is -1.37. The first-order chi connectivity index (χ1) is 10.5. The molecule has 4 atom stereocenters. The van der Waals surface area contributed by atoms with Crippen molar-refractivity contribution in [1.82, 2.24) is 0 Å². The zero-order valence-electron chi connectivity index (χ0n) is 14.0. The molecule has 1 nitrogen and oxygen atoms in total. The van der Waals surface area contributed by atoms with Crippen LogP contribution in [0.15, 0.2) is 48.1 Å². The van der Waals surface area contributed by atoms with Crippen LogP contribution in [0.2, 0.25) is 0 Å². The van der Waals surface area contributed by atoms with Crippen molar-refractivity contribution >= 4 is 5.78 Å². The Morgan fingerprint density at radius 2 is 2.09 bits per heavy atom. The van der Waals surface area contributed by atoms with Crippen molar-refractivity contribution < 1.29 is 4.79 Å². The molecule has 0 amide bonds. The van der Waals surface area contributed by atoms with E-state index in [9.17, 15) is 4.79 Å². The number of hydrogen-bond acceptors (Lipinski definition) is 1. The van der Waals surface area contributed by atoms with Gasteiger partial charge in [-0.2, -0.15) is 0 Å². The molecule has 22 heavy (non-hydrogen) atoms. The summed E-state index contributed by atoms with van der Waals surface area (Å²) >= 11 is 0. The van der Waals surface area contributed by atoms with E-state index in [0.29, 0.717) is 17.3 Å². The number of carbonyl (C=O) groups excluding carboxylic acids is 1. The summed E-state index contributed by atoms with van der Waals surface area (Å²) in [5, 5.41) is 0. The largest absolute Gasteiger partial charge is 0.290 e. The predicted molar refractivity (Wildman–Crippen MR) is 92.5 cm³/mol. The van der Waals surface area contributed by atoms with Crippen LogP contribution in [0.3, 0.4) is 0 Å². The lowest BCUT2D eigenvalue weighted by atomic mass is 9.56. The van der Waals surface area contributed by atoms with Gasteiger partial charge in [0.2, 0.25) is 0 Å². The normalized spacial score (nSPS) is 38.5. The summed E-state index contributed by atoms with van der Waals surface area (Å²) in [6, 6.07) is 0. The standard InChI is InChI=1S/C21H28O/c1-4-17-9-11-20-19-14-15(2)8-10-18(22)7-5-6-16(19)12-13-21(17,20)3/h5,7-10,16,19-20H,2,4,6,11-14H2,1,3H3. The van der Waals surface area contributed by atoms with Crippen LogP contribution in [0, 0.1) is 23.2 Å².